The molecule has 0 aliphatic heterocycles. The fourth-order valence-corrected chi connectivity index (χ4v) is 2.68. The number of fused-ring (bicyclic) bond motifs is 1. The van der Waals surface area contributed by atoms with Crippen LogP contribution in [0.2, 0.25) is 0 Å². The first-order valence-electron chi connectivity index (χ1n) is 6.68. The van der Waals surface area contributed by atoms with Gasteiger partial charge in [0.1, 0.15) is 0 Å². The summed E-state index contributed by atoms with van der Waals surface area (Å²) in [4.78, 5) is 25.9. The predicted molar refractivity (Wildman–Crippen MR) is 88.4 cm³/mol. The molecule has 0 saturated heterocycles. The number of thioether (sulfide) groups is 1. The van der Waals surface area contributed by atoms with Crippen LogP contribution >= 0.6 is 11.8 Å². The van der Waals surface area contributed by atoms with Gasteiger partial charge in [0.05, 0.1) is 5.52 Å². The van der Waals surface area contributed by atoms with E-state index in [2.05, 4.69) is 10.3 Å². The Morgan fingerprint density at radius 3 is 2.73 bits per heavy atom. The van der Waals surface area contributed by atoms with Crippen molar-refractivity contribution in [1.29, 1.82) is 0 Å². The Labute approximate surface area is 130 Å². The maximum absolute atomic E-state index is 12.2. The number of aromatic nitrogens is 1. The summed E-state index contributed by atoms with van der Waals surface area (Å²) in [5.41, 5.74) is 3.39. The Bertz CT molecular complexity index is 865. The number of rotatable bonds is 4. The molecule has 3 rings (SSSR count). The molecule has 0 aliphatic rings. The van der Waals surface area contributed by atoms with Gasteiger partial charge in [0, 0.05) is 17.0 Å². The summed E-state index contributed by atoms with van der Waals surface area (Å²) in [6.07, 6.45) is 2.04. The smallest absolute Gasteiger partial charge is 0.408 e. The quantitative estimate of drug-likeness (QED) is 0.775. The van der Waals surface area contributed by atoms with Crippen molar-refractivity contribution in [3.05, 3.63) is 64.1 Å². The molecule has 1 amide bonds. The Balaban J connectivity index is 1.78. The van der Waals surface area contributed by atoms with E-state index in [0.717, 1.165) is 5.75 Å². The zero-order valence-electron chi connectivity index (χ0n) is 11.9. The van der Waals surface area contributed by atoms with E-state index in [1.807, 2.05) is 18.4 Å². The lowest BCUT2D eigenvalue weighted by atomic mass is 10.1. The van der Waals surface area contributed by atoms with Gasteiger partial charge in [-0.3, -0.25) is 9.78 Å². The van der Waals surface area contributed by atoms with E-state index in [1.165, 1.54) is 5.56 Å². The predicted octanol–water partition coefficient (Wildman–Crippen LogP) is 3.24. The molecule has 22 heavy (non-hydrogen) atoms. The molecular formula is C16H14N2O3S. The molecule has 0 bridgehead atoms. The molecule has 3 aromatic rings. The highest BCUT2D eigenvalue weighted by Gasteiger charge is 2.08. The Morgan fingerprint density at radius 1 is 1.23 bits per heavy atom. The molecular weight excluding hydrogens is 300 g/mol. The van der Waals surface area contributed by atoms with Gasteiger partial charge in [-0.25, -0.2) is 4.79 Å². The van der Waals surface area contributed by atoms with Gasteiger partial charge >= 0.3 is 5.76 Å². The minimum atomic E-state index is -0.511. The average Bonchev–Trinajstić information content (AvgIpc) is 2.87. The van der Waals surface area contributed by atoms with Gasteiger partial charge in [0.15, 0.2) is 5.58 Å². The first kappa shape index (κ1) is 14.5. The minimum Gasteiger partial charge on any atom is -0.408 e. The van der Waals surface area contributed by atoms with Gasteiger partial charge in [0.25, 0.3) is 5.91 Å². The van der Waals surface area contributed by atoms with E-state index in [4.69, 9.17) is 4.42 Å². The van der Waals surface area contributed by atoms with Crippen LogP contribution in [-0.4, -0.2) is 17.1 Å². The van der Waals surface area contributed by atoms with Gasteiger partial charge in [-0.1, -0.05) is 12.1 Å². The van der Waals surface area contributed by atoms with Gasteiger partial charge in [-0.2, -0.15) is 11.8 Å². The fourth-order valence-electron chi connectivity index (χ4n) is 2.15. The lowest BCUT2D eigenvalue weighted by Gasteiger charge is -2.06. The first-order chi connectivity index (χ1) is 10.7. The van der Waals surface area contributed by atoms with E-state index in [0.29, 0.717) is 22.4 Å². The Hall–Kier alpha value is -2.47. The van der Waals surface area contributed by atoms with Gasteiger partial charge in [0.2, 0.25) is 0 Å². The number of carbonyl (C=O) groups is 1. The fraction of sp³-hybridized carbons (Fsp3) is 0.125. The van der Waals surface area contributed by atoms with E-state index < -0.39 is 5.76 Å². The molecule has 5 nitrogen and oxygen atoms in total. The van der Waals surface area contributed by atoms with Crippen molar-refractivity contribution in [2.24, 2.45) is 0 Å². The number of oxazole rings is 1. The maximum atomic E-state index is 12.2. The molecule has 0 atom stereocenters. The van der Waals surface area contributed by atoms with Crippen molar-refractivity contribution < 1.29 is 9.21 Å². The van der Waals surface area contributed by atoms with Crippen LogP contribution in [0.15, 0.2) is 51.7 Å². The van der Waals surface area contributed by atoms with Crippen molar-refractivity contribution in [2.45, 2.75) is 5.75 Å². The lowest BCUT2D eigenvalue weighted by Crippen LogP contribution is -2.11. The van der Waals surface area contributed by atoms with Crippen LogP contribution in [0.1, 0.15) is 15.9 Å². The van der Waals surface area contributed by atoms with Crippen molar-refractivity contribution >= 4 is 34.5 Å². The molecule has 2 aromatic carbocycles. The third-order valence-corrected chi connectivity index (χ3v) is 3.83. The molecule has 112 valence electrons. The van der Waals surface area contributed by atoms with Crippen LogP contribution < -0.4 is 11.1 Å². The molecule has 6 heteroatoms. The number of carbonyl (C=O) groups excluding carboxylic acids is 1. The number of hydrogen-bond donors (Lipinski definition) is 2. The number of benzene rings is 2. The molecule has 0 fully saturated rings. The van der Waals surface area contributed by atoms with Crippen LogP contribution in [0.4, 0.5) is 5.69 Å². The van der Waals surface area contributed by atoms with E-state index >= 15 is 0 Å². The molecule has 0 radical (unpaired) electrons. The highest BCUT2D eigenvalue weighted by molar-refractivity contribution is 7.97. The highest BCUT2D eigenvalue weighted by Crippen LogP contribution is 2.17. The highest BCUT2D eigenvalue weighted by atomic mass is 32.2. The largest absolute Gasteiger partial charge is 0.417 e. The number of aromatic amines is 1. The average molecular weight is 314 g/mol. The second kappa shape index (κ2) is 6.11. The number of nitrogens with one attached hydrogen (secondary N) is 2. The second-order valence-electron chi connectivity index (χ2n) is 4.81. The maximum Gasteiger partial charge on any atom is 0.417 e. The molecule has 2 N–H and O–H groups in total. The zero-order chi connectivity index (χ0) is 15.5. The van der Waals surface area contributed by atoms with Gasteiger partial charge < -0.3 is 9.73 Å². The Kier molecular flexibility index (Phi) is 4.02. The van der Waals surface area contributed by atoms with Crippen LogP contribution in [0, 0.1) is 0 Å². The summed E-state index contributed by atoms with van der Waals surface area (Å²) in [5, 5.41) is 2.80. The zero-order valence-corrected chi connectivity index (χ0v) is 12.7. The lowest BCUT2D eigenvalue weighted by molar-refractivity contribution is 0.102. The van der Waals surface area contributed by atoms with E-state index in [9.17, 15) is 9.59 Å². The van der Waals surface area contributed by atoms with E-state index in [-0.39, 0.29) is 5.91 Å². The van der Waals surface area contributed by atoms with Crippen LogP contribution in [0.25, 0.3) is 11.1 Å². The normalized spacial score (nSPS) is 10.8. The topological polar surface area (TPSA) is 75.1 Å². The summed E-state index contributed by atoms with van der Waals surface area (Å²) in [7, 11) is 0. The van der Waals surface area contributed by atoms with Crippen LogP contribution in [-0.2, 0) is 5.75 Å². The summed E-state index contributed by atoms with van der Waals surface area (Å²) >= 11 is 1.74. The van der Waals surface area contributed by atoms with Crippen LogP contribution in [0.5, 0.6) is 0 Å². The molecule has 1 heterocycles. The number of amides is 1. The van der Waals surface area contributed by atoms with Crippen molar-refractivity contribution in [3.63, 3.8) is 0 Å². The summed E-state index contributed by atoms with van der Waals surface area (Å²) in [6.45, 7) is 0. The van der Waals surface area contributed by atoms with Gasteiger partial charge in [-0.05, 0) is 42.2 Å². The summed E-state index contributed by atoms with van der Waals surface area (Å²) in [6, 6.07) is 12.5. The number of H-pyrrole nitrogens is 1. The molecule has 0 aliphatic carbocycles. The number of hydrogen-bond acceptors (Lipinski definition) is 4. The molecule has 0 saturated carbocycles. The first-order valence-corrected chi connectivity index (χ1v) is 8.07. The molecule has 1 aromatic heterocycles. The second-order valence-corrected chi connectivity index (χ2v) is 5.68. The molecule has 0 unspecified atom stereocenters. The van der Waals surface area contributed by atoms with Crippen molar-refractivity contribution in [1.82, 2.24) is 4.98 Å². The summed E-state index contributed by atoms with van der Waals surface area (Å²) in [5.74, 6) is 0.218. The van der Waals surface area contributed by atoms with Crippen molar-refractivity contribution in [2.75, 3.05) is 11.6 Å². The Morgan fingerprint density at radius 2 is 2.00 bits per heavy atom. The number of anilines is 1. The van der Waals surface area contributed by atoms with Crippen molar-refractivity contribution in [3.8, 4) is 0 Å². The van der Waals surface area contributed by atoms with E-state index in [1.54, 1.807) is 42.1 Å². The monoisotopic (exact) mass is 314 g/mol. The third kappa shape index (κ3) is 3.07. The van der Waals surface area contributed by atoms with Crippen LogP contribution in [0.3, 0.4) is 0 Å². The van der Waals surface area contributed by atoms with Gasteiger partial charge in [-0.15, -0.1) is 0 Å². The summed E-state index contributed by atoms with van der Waals surface area (Å²) < 4.78 is 4.92. The minimum absolute atomic E-state index is 0.194. The third-order valence-electron chi connectivity index (χ3n) is 3.20. The molecule has 0 spiro atoms. The standard InChI is InChI=1S/C16H14N2O3S/c1-22-9-10-2-4-11(5-3-10)15(19)17-12-6-7-14-13(8-12)18-16(20)21-14/h2-8H,9H2,1H3,(H,17,19)(H,18,20). The SMILES string of the molecule is CSCc1ccc(C(=O)Nc2ccc3oc(=O)[nH]c3c2)cc1.